The van der Waals surface area contributed by atoms with E-state index in [4.69, 9.17) is 4.79 Å². The molecule has 0 saturated heterocycles. The predicted molar refractivity (Wildman–Crippen MR) is 104 cm³/mol. The minimum atomic E-state index is 0.182. The second-order valence-electron chi connectivity index (χ2n) is 5.24. The molecule has 6 nitrogen and oxygen atoms in total. The van der Waals surface area contributed by atoms with Crippen LogP contribution in [-0.4, -0.2) is 37.9 Å². The smallest absolute Gasteiger partial charge is 0.254 e. The van der Waals surface area contributed by atoms with E-state index in [-0.39, 0.29) is 18.6 Å². The lowest BCUT2D eigenvalue weighted by atomic mass is 10.0. The molecule has 1 aliphatic heterocycles. The minimum Gasteiger partial charge on any atom is -0.333 e. The predicted octanol–water partition coefficient (Wildman–Crippen LogP) is 2.26. The third kappa shape index (κ3) is 7.09. The second kappa shape index (κ2) is 14.1. The highest BCUT2D eigenvalue weighted by Gasteiger charge is 2.35. The van der Waals surface area contributed by atoms with Gasteiger partial charge in [-0.1, -0.05) is 42.8 Å². The molecule has 0 bridgehead atoms. The minimum absolute atomic E-state index is 0.182. The van der Waals surface area contributed by atoms with Crippen molar-refractivity contribution in [1.29, 1.82) is 0 Å². The Balaban J connectivity index is 0. The van der Waals surface area contributed by atoms with E-state index in [1.165, 1.54) is 12.6 Å². The average molecular weight is 403 g/mol. The molecule has 0 saturated carbocycles. The van der Waals surface area contributed by atoms with Crippen LogP contribution in [0.2, 0.25) is 0 Å². The number of hydrogen-bond acceptors (Lipinski definition) is 5. The summed E-state index contributed by atoms with van der Waals surface area (Å²) in [7, 11) is 1.50. The summed E-state index contributed by atoms with van der Waals surface area (Å²) in [5, 5.41) is 0. The number of carbonyl (C=O) groups excluding carboxylic acids is 2. The number of nitrogens with two attached hydrogens (primary N) is 3. The Bertz CT molecular complexity index is 484. The van der Waals surface area contributed by atoms with E-state index in [0.29, 0.717) is 5.92 Å². The van der Waals surface area contributed by atoms with E-state index < -0.39 is 0 Å². The van der Waals surface area contributed by atoms with Crippen molar-refractivity contribution in [2.45, 2.75) is 33.2 Å². The number of fused-ring (bicyclic) bond motifs is 1. The number of halogens is 1. The SMILES string of the molecule is C=O.CCC1c2ccc(Br)cc2C(=O)N1CC(C)C.CN.NCN. The van der Waals surface area contributed by atoms with Crippen LogP contribution in [0.4, 0.5) is 0 Å². The van der Waals surface area contributed by atoms with E-state index in [0.717, 1.165) is 23.0 Å². The second-order valence-corrected chi connectivity index (χ2v) is 6.16. The molecule has 6 N–H and O–H groups in total. The fourth-order valence-corrected chi connectivity index (χ4v) is 2.87. The fraction of sp³-hybridized carbons (Fsp3) is 0.529. The van der Waals surface area contributed by atoms with Gasteiger partial charge in [-0.2, -0.15) is 0 Å². The zero-order valence-electron chi connectivity index (χ0n) is 15.1. The molecular weight excluding hydrogens is 372 g/mol. The molecule has 0 aromatic heterocycles. The highest BCUT2D eigenvalue weighted by atomic mass is 79.9. The van der Waals surface area contributed by atoms with Gasteiger partial charge in [0.15, 0.2) is 0 Å². The third-order valence-corrected chi connectivity index (χ3v) is 3.68. The number of amides is 1. The first-order valence-electron chi connectivity index (χ1n) is 7.83. The molecule has 0 spiro atoms. The molecule has 0 aliphatic carbocycles. The lowest BCUT2D eigenvalue weighted by molar-refractivity contribution is -0.0980. The maximum Gasteiger partial charge on any atom is 0.254 e. The van der Waals surface area contributed by atoms with Gasteiger partial charge in [0.25, 0.3) is 5.91 Å². The van der Waals surface area contributed by atoms with Crippen molar-refractivity contribution in [1.82, 2.24) is 4.90 Å². The number of benzene rings is 1. The van der Waals surface area contributed by atoms with Gasteiger partial charge in [0.2, 0.25) is 0 Å². The first kappa shape index (κ1) is 25.0. The zero-order valence-corrected chi connectivity index (χ0v) is 16.7. The van der Waals surface area contributed by atoms with Crippen LogP contribution in [-0.2, 0) is 4.79 Å². The maximum atomic E-state index is 12.4. The largest absolute Gasteiger partial charge is 0.333 e. The average Bonchev–Trinajstić information content (AvgIpc) is 2.83. The Labute approximate surface area is 153 Å². The molecule has 1 amide bonds. The number of nitrogens with zero attached hydrogens (tertiary/aromatic N) is 1. The first-order chi connectivity index (χ1) is 11.5. The van der Waals surface area contributed by atoms with Gasteiger partial charge in [0, 0.05) is 23.2 Å². The van der Waals surface area contributed by atoms with Gasteiger partial charge in [0.05, 0.1) is 6.04 Å². The van der Waals surface area contributed by atoms with Crippen LogP contribution in [0.15, 0.2) is 22.7 Å². The highest BCUT2D eigenvalue weighted by Crippen LogP contribution is 2.37. The number of hydrogen-bond donors (Lipinski definition) is 3. The molecule has 24 heavy (non-hydrogen) atoms. The van der Waals surface area contributed by atoms with E-state index in [1.54, 1.807) is 0 Å². The van der Waals surface area contributed by atoms with E-state index in [9.17, 15) is 4.79 Å². The topological polar surface area (TPSA) is 115 Å². The van der Waals surface area contributed by atoms with Crippen LogP contribution in [0.3, 0.4) is 0 Å². The monoisotopic (exact) mass is 402 g/mol. The van der Waals surface area contributed by atoms with Gasteiger partial charge in [-0.05, 0) is 37.1 Å². The maximum absolute atomic E-state index is 12.4. The van der Waals surface area contributed by atoms with Crippen LogP contribution >= 0.6 is 15.9 Å². The molecule has 138 valence electrons. The van der Waals surface area contributed by atoms with Crippen LogP contribution in [0.25, 0.3) is 0 Å². The standard InChI is InChI=1S/C14H18BrNO.CH6N2.CH5N.CH2O/c1-4-13-11-6-5-10(15)7-12(11)14(17)16(13)8-9(2)3;2-1-3;2*1-2/h5-7,9,13H,4,8H2,1-3H3;1-3H2;2H2,1H3;1H2. The fourth-order valence-electron chi connectivity index (χ4n) is 2.51. The van der Waals surface area contributed by atoms with Crippen molar-refractivity contribution in [2.24, 2.45) is 23.1 Å². The summed E-state index contributed by atoms with van der Waals surface area (Å²) >= 11 is 3.43. The van der Waals surface area contributed by atoms with E-state index >= 15 is 0 Å². The summed E-state index contributed by atoms with van der Waals surface area (Å²) in [6, 6.07) is 6.30. The van der Waals surface area contributed by atoms with Crippen molar-refractivity contribution < 1.29 is 9.59 Å². The summed E-state index contributed by atoms with van der Waals surface area (Å²) in [5.74, 6) is 0.688. The summed E-state index contributed by atoms with van der Waals surface area (Å²) < 4.78 is 0.978. The molecule has 1 aromatic carbocycles. The van der Waals surface area contributed by atoms with Crippen molar-refractivity contribution in [3.63, 3.8) is 0 Å². The van der Waals surface area contributed by atoms with Gasteiger partial charge in [-0.25, -0.2) is 0 Å². The van der Waals surface area contributed by atoms with Crippen molar-refractivity contribution in [3.05, 3.63) is 33.8 Å². The molecule has 1 aliphatic rings. The van der Waals surface area contributed by atoms with Crippen LogP contribution < -0.4 is 17.2 Å². The number of rotatable bonds is 3. The molecule has 1 unspecified atom stereocenters. The zero-order chi connectivity index (χ0) is 19.3. The normalized spacial score (nSPS) is 14.6. The van der Waals surface area contributed by atoms with Gasteiger partial charge in [0.1, 0.15) is 6.79 Å². The Hall–Kier alpha value is -1.28. The van der Waals surface area contributed by atoms with Gasteiger partial charge in [-0.3, -0.25) is 4.79 Å². The molecule has 1 atom stereocenters. The summed E-state index contributed by atoms with van der Waals surface area (Å²) in [6.45, 7) is 9.53. The van der Waals surface area contributed by atoms with Gasteiger partial charge < -0.3 is 26.9 Å². The Morgan fingerprint density at radius 2 is 1.75 bits per heavy atom. The first-order valence-corrected chi connectivity index (χ1v) is 8.62. The Morgan fingerprint density at radius 3 is 2.17 bits per heavy atom. The van der Waals surface area contributed by atoms with Crippen LogP contribution in [0.5, 0.6) is 0 Å². The molecule has 0 radical (unpaired) electrons. The summed E-state index contributed by atoms with van der Waals surface area (Å²) in [6.07, 6.45) is 0.979. The molecule has 0 fully saturated rings. The van der Waals surface area contributed by atoms with E-state index in [2.05, 4.69) is 60.0 Å². The molecule has 1 aromatic rings. The Kier molecular flexibility index (Phi) is 14.7. The van der Waals surface area contributed by atoms with Crippen LogP contribution in [0.1, 0.15) is 49.2 Å². The lowest BCUT2D eigenvalue weighted by Crippen LogP contribution is -2.31. The molecular formula is C17H31BrN4O2. The van der Waals surface area contributed by atoms with Crippen molar-refractivity contribution in [2.75, 3.05) is 20.3 Å². The number of carbonyl (C=O) groups is 2. The van der Waals surface area contributed by atoms with Gasteiger partial charge in [-0.15, -0.1) is 0 Å². The highest BCUT2D eigenvalue weighted by molar-refractivity contribution is 9.10. The molecule has 7 heteroatoms. The van der Waals surface area contributed by atoms with Crippen molar-refractivity contribution in [3.8, 4) is 0 Å². The summed E-state index contributed by atoms with van der Waals surface area (Å²) in [4.78, 5) is 22.4. The molecule has 2 rings (SSSR count). The lowest BCUT2D eigenvalue weighted by Gasteiger charge is -2.26. The van der Waals surface area contributed by atoms with E-state index in [1.807, 2.05) is 23.8 Å². The quantitative estimate of drug-likeness (QED) is 0.670. The van der Waals surface area contributed by atoms with Crippen molar-refractivity contribution >= 4 is 28.6 Å². The summed E-state index contributed by atoms with van der Waals surface area (Å²) in [5.41, 5.74) is 15.8. The van der Waals surface area contributed by atoms with Crippen LogP contribution in [0, 0.1) is 5.92 Å². The Morgan fingerprint density at radius 1 is 1.25 bits per heavy atom. The van der Waals surface area contributed by atoms with Gasteiger partial charge >= 0.3 is 0 Å². The third-order valence-electron chi connectivity index (χ3n) is 3.19. The molecule has 1 heterocycles.